The van der Waals surface area contributed by atoms with Gasteiger partial charge < -0.3 is 15.1 Å². The second-order valence-electron chi connectivity index (χ2n) is 8.29. The van der Waals surface area contributed by atoms with E-state index in [9.17, 15) is 18.0 Å². The van der Waals surface area contributed by atoms with Crippen LogP contribution < -0.4 is 5.32 Å². The molecule has 140 valence electrons. The Bertz CT molecular complexity index is 456. The van der Waals surface area contributed by atoms with Crippen molar-refractivity contribution in [3.8, 4) is 0 Å². The number of hydrogen-bond acceptors (Lipinski definition) is 2. The minimum atomic E-state index is -4.27. The molecule has 7 heteroatoms. The Kier molecular flexibility index (Phi) is 5.43. The van der Waals surface area contributed by atoms with E-state index in [2.05, 4.69) is 10.2 Å². The molecule has 0 bridgehead atoms. The van der Waals surface area contributed by atoms with E-state index in [1.165, 1.54) is 18.7 Å². The fourth-order valence-corrected chi connectivity index (χ4v) is 4.56. The average molecular weight is 349 g/mol. The molecule has 0 aromatic carbocycles. The van der Waals surface area contributed by atoms with E-state index in [0.29, 0.717) is 6.54 Å². The van der Waals surface area contributed by atoms with Crippen LogP contribution in [0.2, 0.25) is 0 Å². The second-order valence-corrected chi connectivity index (χ2v) is 8.29. The van der Waals surface area contributed by atoms with Crippen LogP contribution in [0, 0.1) is 11.3 Å². The Hall–Kier alpha value is -0.980. The number of carbonyl (C=O) groups excluding carboxylic acids is 1. The van der Waals surface area contributed by atoms with E-state index in [4.69, 9.17) is 0 Å². The summed E-state index contributed by atoms with van der Waals surface area (Å²) in [5, 5.41) is 2.93. The van der Waals surface area contributed by atoms with Crippen LogP contribution in [0.5, 0.6) is 0 Å². The Balaban J connectivity index is 2.00. The number of nitrogens with one attached hydrogen (secondary N) is 1. The number of halogens is 3. The number of likely N-dealkylation sites (tertiary alicyclic amines) is 1. The highest BCUT2D eigenvalue weighted by Gasteiger charge is 2.56. The summed E-state index contributed by atoms with van der Waals surface area (Å²) in [6.45, 7) is 4.62. The number of carbonyl (C=O) groups is 1. The molecule has 2 fully saturated rings. The van der Waals surface area contributed by atoms with Crippen molar-refractivity contribution in [1.29, 1.82) is 0 Å². The lowest BCUT2D eigenvalue weighted by molar-refractivity contribution is -0.189. The number of hydrogen-bond donors (Lipinski definition) is 1. The first-order chi connectivity index (χ1) is 11.0. The van der Waals surface area contributed by atoms with Crippen LogP contribution >= 0.6 is 0 Å². The molecule has 1 aliphatic carbocycles. The molecular formula is C17H30F3N3O. The zero-order chi connectivity index (χ0) is 18.2. The summed E-state index contributed by atoms with van der Waals surface area (Å²) in [6, 6.07) is -0.364. The van der Waals surface area contributed by atoms with Crippen LogP contribution in [0.25, 0.3) is 0 Å². The van der Waals surface area contributed by atoms with E-state index in [1.54, 1.807) is 0 Å². The van der Waals surface area contributed by atoms with Crippen molar-refractivity contribution in [3.63, 3.8) is 0 Å². The monoisotopic (exact) mass is 349 g/mol. The molecule has 1 saturated carbocycles. The zero-order valence-electron chi connectivity index (χ0n) is 15.2. The lowest BCUT2D eigenvalue weighted by Gasteiger charge is -2.38. The number of rotatable bonds is 4. The van der Waals surface area contributed by atoms with Crippen LogP contribution in [-0.4, -0.2) is 61.3 Å². The normalized spacial score (nSPS) is 26.2. The van der Waals surface area contributed by atoms with E-state index in [1.807, 2.05) is 14.1 Å². The predicted molar refractivity (Wildman–Crippen MR) is 87.8 cm³/mol. The largest absolute Gasteiger partial charge is 0.394 e. The van der Waals surface area contributed by atoms with Crippen molar-refractivity contribution in [2.24, 2.45) is 11.3 Å². The minimum Gasteiger partial charge on any atom is -0.337 e. The molecule has 2 rings (SSSR count). The van der Waals surface area contributed by atoms with Gasteiger partial charge in [-0.2, -0.15) is 13.2 Å². The quantitative estimate of drug-likeness (QED) is 0.843. The summed E-state index contributed by atoms with van der Waals surface area (Å²) < 4.78 is 39.5. The molecule has 0 radical (unpaired) electrons. The molecule has 1 heterocycles. The first-order valence-corrected chi connectivity index (χ1v) is 8.75. The number of nitrogens with zero attached hydrogens (tertiary/aromatic N) is 2. The third-order valence-corrected chi connectivity index (χ3v) is 5.76. The maximum Gasteiger partial charge on any atom is 0.394 e. The summed E-state index contributed by atoms with van der Waals surface area (Å²) >= 11 is 0. The molecule has 0 aromatic rings. The predicted octanol–water partition coefficient (Wildman–Crippen LogP) is 3.48. The lowest BCUT2D eigenvalue weighted by Crippen LogP contribution is -2.54. The van der Waals surface area contributed by atoms with Gasteiger partial charge in [0.05, 0.1) is 11.5 Å². The van der Waals surface area contributed by atoms with E-state index < -0.39 is 17.6 Å². The molecule has 0 unspecified atom stereocenters. The van der Waals surface area contributed by atoms with Gasteiger partial charge in [-0.05, 0) is 47.2 Å². The van der Waals surface area contributed by atoms with Crippen molar-refractivity contribution in [2.45, 2.75) is 57.7 Å². The fourth-order valence-electron chi connectivity index (χ4n) is 4.56. The van der Waals surface area contributed by atoms with Gasteiger partial charge in [0.25, 0.3) is 0 Å². The second kappa shape index (κ2) is 6.73. The molecule has 1 aliphatic heterocycles. The highest BCUT2D eigenvalue weighted by molar-refractivity contribution is 5.75. The van der Waals surface area contributed by atoms with Crippen LogP contribution in [0.4, 0.5) is 18.0 Å². The molecule has 4 nitrogen and oxygen atoms in total. The maximum absolute atomic E-state index is 13.2. The highest BCUT2D eigenvalue weighted by Crippen LogP contribution is 2.45. The molecule has 1 N–H and O–H groups in total. The molecule has 1 atom stereocenters. The minimum absolute atomic E-state index is 0.0211. The smallest absolute Gasteiger partial charge is 0.337 e. The van der Waals surface area contributed by atoms with Gasteiger partial charge in [-0.25, -0.2) is 4.79 Å². The molecular weight excluding hydrogens is 319 g/mol. The van der Waals surface area contributed by atoms with Gasteiger partial charge in [0.15, 0.2) is 0 Å². The van der Waals surface area contributed by atoms with E-state index in [-0.39, 0.29) is 24.4 Å². The summed E-state index contributed by atoms with van der Waals surface area (Å²) in [7, 11) is 4.03. The first kappa shape index (κ1) is 19.3. The number of urea groups is 1. The molecule has 2 amide bonds. The highest BCUT2D eigenvalue weighted by atomic mass is 19.4. The summed E-state index contributed by atoms with van der Waals surface area (Å²) in [4.78, 5) is 16.0. The average Bonchev–Trinajstić information content (AvgIpc) is 2.99. The van der Waals surface area contributed by atoms with Crippen molar-refractivity contribution in [1.82, 2.24) is 15.1 Å². The van der Waals surface area contributed by atoms with Gasteiger partial charge in [0.1, 0.15) is 0 Å². The topological polar surface area (TPSA) is 35.6 Å². The van der Waals surface area contributed by atoms with Gasteiger partial charge in [-0.3, -0.25) is 0 Å². The zero-order valence-corrected chi connectivity index (χ0v) is 15.2. The van der Waals surface area contributed by atoms with Crippen molar-refractivity contribution in [3.05, 3.63) is 0 Å². The van der Waals surface area contributed by atoms with Gasteiger partial charge in [-0.1, -0.05) is 12.8 Å². The third kappa shape index (κ3) is 3.98. The van der Waals surface area contributed by atoms with E-state index in [0.717, 1.165) is 32.2 Å². The van der Waals surface area contributed by atoms with Crippen LogP contribution in [0.3, 0.4) is 0 Å². The Morgan fingerprint density at radius 1 is 1.25 bits per heavy atom. The molecule has 1 saturated heterocycles. The van der Waals surface area contributed by atoms with E-state index >= 15 is 0 Å². The Labute approximate surface area is 142 Å². The summed E-state index contributed by atoms with van der Waals surface area (Å²) in [6.07, 6.45) is 0.118. The molecule has 0 spiro atoms. The molecule has 2 aliphatic rings. The number of alkyl halides is 3. The maximum atomic E-state index is 13.2. The van der Waals surface area contributed by atoms with Crippen molar-refractivity contribution < 1.29 is 18.0 Å². The summed E-state index contributed by atoms with van der Waals surface area (Å²) in [5.74, 6) is -1.46. The third-order valence-electron chi connectivity index (χ3n) is 5.76. The standard InChI is InChI=1S/C17H30F3N3O/c1-15(2)13(17(18,19)20)7-10-23(15)14(24)21-11-16(12-22(3)4)8-5-6-9-16/h13H,5-12H2,1-4H3,(H,21,24)/t13-/m1/s1. The van der Waals surface area contributed by atoms with Crippen LogP contribution in [0.15, 0.2) is 0 Å². The molecule has 24 heavy (non-hydrogen) atoms. The Morgan fingerprint density at radius 3 is 2.29 bits per heavy atom. The van der Waals surface area contributed by atoms with Crippen molar-refractivity contribution in [2.75, 3.05) is 33.7 Å². The van der Waals surface area contributed by atoms with Gasteiger partial charge >= 0.3 is 12.2 Å². The van der Waals surface area contributed by atoms with Crippen molar-refractivity contribution >= 4 is 6.03 Å². The van der Waals surface area contributed by atoms with Crippen LogP contribution in [0.1, 0.15) is 46.0 Å². The first-order valence-electron chi connectivity index (χ1n) is 8.75. The fraction of sp³-hybridized carbons (Fsp3) is 0.941. The van der Waals surface area contributed by atoms with Crippen LogP contribution in [-0.2, 0) is 0 Å². The van der Waals surface area contributed by atoms with Gasteiger partial charge in [-0.15, -0.1) is 0 Å². The van der Waals surface area contributed by atoms with Gasteiger partial charge in [0, 0.05) is 25.0 Å². The van der Waals surface area contributed by atoms with Gasteiger partial charge in [0.2, 0.25) is 0 Å². The lowest BCUT2D eigenvalue weighted by atomic mass is 9.85. The SMILES string of the molecule is CN(C)CC1(CNC(=O)N2CC[C@@H](C(F)(F)F)C2(C)C)CCCC1. The Morgan fingerprint density at radius 2 is 1.83 bits per heavy atom. The molecule has 0 aromatic heterocycles. The number of amides is 2. The summed E-state index contributed by atoms with van der Waals surface area (Å²) in [5.41, 5.74) is -1.15.